The van der Waals surface area contributed by atoms with Crippen molar-refractivity contribution in [2.45, 2.75) is 19.4 Å². The van der Waals surface area contributed by atoms with E-state index in [1.807, 2.05) is 0 Å². The summed E-state index contributed by atoms with van der Waals surface area (Å²) in [6.07, 6.45) is 0.171. The fraction of sp³-hybridized carbons (Fsp3) is 0.250. The molecule has 0 saturated heterocycles. The molecule has 0 spiro atoms. The third kappa shape index (κ3) is 4.76. The number of carboxylic acids is 1. The molecule has 0 fully saturated rings. The van der Waals surface area contributed by atoms with Crippen LogP contribution >= 0.6 is 0 Å². The minimum atomic E-state index is -1.08. The normalized spacial score (nSPS) is 12.8. The van der Waals surface area contributed by atoms with Crippen molar-refractivity contribution in [3.05, 3.63) is 35.4 Å². The van der Waals surface area contributed by atoms with Crippen LogP contribution in [-0.4, -0.2) is 28.9 Å². The second-order valence-electron chi connectivity index (χ2n) is 3.91. The SMILES string of the molecule is CC(=O)O/N=C(\N)c1cccc(C[C@H](N)C(=O)O)c1. The number of carboxylic acid groups (broad SMARTS) is 1. The summed E-state index contributed by atoms with van der Waals surface area (Å²) in [7, 11) is 0. The zero-order valence-corrected chi connectivity index (χ0v) is 10.4. The van der Waals surface area contributed by atoms with Crippen LogP contribution < -0.4 is 11.5 Å². The quantitative estimate of drug-likeness (QED) is 0.293. The van der Waals surface area contributed by atoms with E-state index in [1.165, 1.54) is 6.92 Å². The fourth-order valence-corrected chi connectivity index (χ4v) is 1.37. The Morgan fingerprint density at radius 2 is 2.16 bits per heavy atom. The first-order valence-electron chi connectivity index (χ1n) is 5.49. The second-order valence-corrected chi connectivity index (χ2v) is 3.91. The van der Waals surface area contributed by atoms with E-state index in [9.17, 15) is 9.59 Å². The van der Waals surface area contributed by atoms with E-state index in [-0.39, 0.29) is 12.3 Å². The highest BCUT2D eigenvalue weighted by atomic mass is 16.7. The van der Waals surface area contributed by atoms with Crippen molar-refractivity contribution in [3.63, 3.8) is 0 Å². The molecular formula is C12H15N3O4. The minimum absolute atomic E-state index is 0.0287. The molecule has 7 nitrogen and oxygen atoms in total. The number of oxime groups is 1. The van der Waals surface area contributed by atoms with Crippen molar-refractivity contribution in [3.8, 4) is 0 Å². The van der Waals surface area contributed by atoms with Crippen LogP contribution in [0.15, 0.2) is 29.4 Å². The lowest BCUT2D eigenvalue weighted by Gasteiger charge is -2.07. The lowest BCUT2D eigenvalue weighted by Crippen LogP contribution is -2.32. The van der Waals surface area contributed by atoms with E-state index >= 15 is 0 Å². The highest BCUT2D eigenvalue weighted by Gasteiger charge is 2.12. The van der Waals surface area contributed by atoms with Crippen LogP contribution in [0.25, 0.3) is 0 Å². The second kappa shape index (κ2) is 6.50. The molecule has 0 bridgehead atoms. The highest BCUT2D eigenvalue weighted by Crippen LogP contribution is 2.07. The summed E-state index contributed by atoms with van der Waals surface area (Å²) in [6, 6.07) is 5.74. The first kappa shape index (κ1) is 14.7. The van der Waals surface area contributed by atoms with Gasteiger partial charge in [-0.3, -0.25) is 4.79 Å². The Balaban J connectivity index is 2.85. The summed E-state index contributed by atoms with van der Waals surface area (Å²) in [5.74, 6) is -1.63. The number of aliphatic carboxylic acids is 1. The number of carbonyl (C=O) groups excluding carboxylic acids is 1. The number of hydrogen-bond donors (Lipinski definition) is 3. The van der Waals surface area contributed by atoms with Crippen molar-refractivity contribution in [1.82, 2.24) is 0 Å². The Bertz CT molecular complexity index is 513. The van der Waals surface area contributed by atoms with Crippen molar-refractivity contribution in [2.24, 2.45) is 16.6 Å². The summed E-state index contributed by atoms with van der Waals surface area (Å²) in [5, 5.41) is 12.2. The molecule has 0 aliphatic rings. The van der Waals surface area contributed by atoms with Crippen LogP contribution in [0.1, 0.15) is 18.1 Å². The fourth-order valence-electron chi connectivity index (χ4n) is 1.37. The predicted molar refractivity (Wildman–Crippen MR) is 68.2 cm³/mol. The van der Waals surface area contributed by atoms with Crippen molar-refractivity contribution in [2.75, 3.05) is 0 Å². The minimum Gasteiger partial charge on any atom is -0.480 e. The summed E-state index contributed by atoms with van der Waals surface area (Å²) >= 11 is 0. The predicted octanol–water partition coefficient (Wildman–Crippen LogP) is -0.176. The maximum absolute atomic E-state index is 10.7. The molecule has 7 heteroatoms. The van der Waals surface area contributed by atoms with Gasteiger partial charge in [-0.25, -0.2) is 4.79 Å². The molecule has 19 heavy (non-hydrogen) atoms. The maximum Gasteiger partial charge on any atom is 0.332 e. The average molecular weight is 265 g/mol. The number of nitrogens with zero attached hydrogens (tertiary/aromatic N) is 1. The summed E-state index contributed by atoms with van der Waals surface area (Å²) in [5.41, 5.74) is 12.3. The Kier molecular flexibility index (Phi) is 5.01. The van der Waals surface area contributed by atoms with Gasteiger partial charge in [0.15, 0.2) is 5.84 Å². The van der Waals surface area contributed by atoms with Gasteiger partial charge in [-0.15, -0.1) is 0 Å². The summed E-state index contributed by atoms with van der Waals surface area (Å²) in [6.45, 7) is 1.21. The number of amidine groups is 1. The Hall–Kier alpha value is -2.41. The lowest BCUT2D eigenvalue weighted by atomic mass is 10.0. The van der Waals surface area contributed by atoms with Crippen LogP contribution in [0.5, 0.6) is 0 Å². The number of nitrogens with two attached hydrogens (primary N) is 2. The zero-order valence-electron chi connectivity index (χ0n) is 10.4. The van der Waals surface area contributed by atoms with Crippen molar-refractivity contribution < 1.29 is 19.5 Å². The summed E-state index contributed by atoms with van der Waals surface area (Å²) < 4.78 is 0. The van der Waals surface area contributed by atoms with Crippen LogP contribution in [0, 0.1) is 0 Å². The van der Waals surface area contributed by atoms with Gasteiger partial charge in [0.2, 0.25) is 0 Å². The number of benzene rings is 1. The molecule has 0 unspecified atom stereocenters. The molecule has 5 N–H and O–H groups in total. The smallest absolute Gasteiger partial charge is 0.332 e. The zero-order chi connectivity index (χ0) is 14.4. The van der Waals surface area contributed by atoms with Gasteiger partial charge in [0.25, 0.3) is 0 Å². The molecule has 0 aliphatic heterocycles. The maximum atomic E-state index is 10.7. The van der Waals surface area contributed by atoms with Gasteiger partial charge in [0.05, 0.1) is 0 Å². The molecule has 1 aromatic carbocycles. The standard InChI is InChI=1S/C12H15N3O4/c1-7(16)19-15-11(14)9-4-2-3-8(5-9)6-10(13)12(17)18/h2-5,10H,6,13H2,1H3,(H2,14,15)(H,17,18)/t10-/m0/s1. The molecule has 0 heterocycles. The molecule has 1 rings (SSSR count). The monoisotopic (exact) mass is 265 g/mol. The van der Waals surface area contributed by atoms with Crippen LogP contribution in [0.3, 0.4) is 0 Å². The Morgan fingerprint density at radius 3 is 2.74 bits per heavy atom. The van der Waals surface area contributed by atoms with E-state index in [0.717, 1.165) is 0 Å². The van der Waals surface area contributed by atoms with E-state index < -0.39 is 18.0 Å². The van der Waals surface area contributed by atoms with Gasteiger partial charge in [-0.05, 0) is 18.1 Å². The third-order valence-electron chi connectivity index (χ3n) is 2.27. The van der Waals surface area contributed by atoms with Crippen molar-refractivity contribution in [1.29, 1.82) is 0 Å². The molecule has 0 amide bonds. The van der Waals surface area contributed by atoms with Gasteiger partial charge in [-0.1, -0.05) is 23.4 Å². The largest absolute Gasteiger partial charge is 0.480 e. The highest BCUT2D eigenvalue weighted by molar-refractivity contribution is 5.97. The summed E-state index contributed by atoms with van der Waals surface area (Å²) in [4.78, 5) is 25.7. The van der Waals surface area contributed by atoms with E-state index in [4.69, 9.17) is 16.6 Å². The molecular weight excluding hydrogens is 250 g/mol. The number of carbonyl (C=O) groups is 2. The van der Waals surface area contributed by atoms with Gasteiger partial charge >= 0.3 is 11.9 Å². The molecule has 0 aliphatic carbocycles. The molecule has 1 aromatic rings. The van der Waals surface area contributed by atoms with Crippen LogP contribution in [0.2, 0.25) is 0 Å². The first-order chi connectivity index (χ1) is 8.90. The Morgan fingerprint density at radius 1 is 1.47 bits per heavy atom. The van der Waals surface area contributed by atoms with Crippen LogP contribution in [-0.2, 0) is 20.8 Å². The van der Waals surface area contributed by atoms with E-state index in [0.29, 0.717) is 11.1 Å². The lowest BCUT2D eigenvalue weighted by molar-refractivity contribution is -0.141. The first-order valence-corrected chi connectivity index (χ1v) is 5.49. The van der Waals surface area contributed by atoms with Gasteiger partial charge in [0.1, 0.15) is 6.04 Å². The van der Waals surface area contributed by atoms with E-state index in [1.54, 1.807) is 24.3 Å². The van der Waals surface area contributed by atoms with Crippen molar-refractivity contribution >= 4 is 17.8 Å². The third-order valence-corrected chi connectivity index (χ3v) is 2.27. The molecule has 0 saturated carbocycles. The average Bonchev–Trinajstić information content (AvgIpc) is 2.36. The molecule has 1 atom stereocenters. The van der Waals surface area contributed by atoms with Gasteiger partial charge in [0, 0.05) is 12.5 Å². The Labute approximate surface area is 109 Å². The number of hydrogen-bond acceptors (Lipinski definition) is 5. The molecule has 102 valence electrons. The van der Waals surface area contributed by atoms with Gasteiger partial charge in [-0.2, -0.15) is 0 Å². The van der Waals surface area contributed by atoms with Gasteiger partial charge < -0.3 is 21.4 Å². The number of rotatable bonds is 5. The molecule has 0 aromatic heterocycles. The van der Waals surface area contributed by atoms with Crippen LogP contribution in [0.4, 0.5) is 0 Å². The topological polar surface area (TPSA) is 128 Å². The van der Waals surface area contributed by atoms with E-state index in [2.05, 4.69) is 9.99 Å². The molecule has 0 radical (unpaired) electrons.